The van der Waals surface area contributed by atoms with Gasteiger partial charge in [0, 0.05) is 18.6 Å². The summed E-state index contributed by atoms with van der Waals surface area (Å²) in [4.78, 5) is 2.12. The van der Waals surface area contributed by atoms with Crippen molar-refractivity contribution in [1.29, 1.82) is 0 Å². The lowest BCUT2D eigenvalue weighted by Crippen LogP contribution is -2.51. The zero-order valence-corrected chi connectivity index (χ0v) is 10.2. The molecule has 1 aliphatic rings. The monoisotopic (exact) mass is 231 g/mol. The van der Waals surface area contributed by atoms with Gasteiger partial charge >= 0.3 is 0 Å². The van der Waals surface area contributed by atoms with Crippen LogP contribution in [-0.2, 0) is 0 Å². The summed E-state index contributed by atoms with van der Waals surface area (Å²) in [6.07, 6.45) is 4.18. The first-order valence-electron chi connectivity index (χ1n) is 6.28. The lowest BCUT2D eigenvalue weighted by atomic mass is 9.76. The largest absolute Gasteiger partial charge is 0.396 e. The molecule has 0 aromatic carbocycles. The molecule has 0 aromatic rings. The normalized spacial score (nSPS) is 27.6. The number of nitrogens with zero attached hydrogens (tertiary/aromatic N) is 1. The Balaban J connectivity index is 2.63. The van der Waals surface area contributed by atoms with Crippen LogP contribution in [0.1, 0.15) is 32.6 Å². The quantitative estimate of drug-likeness (QED) is 0.611. The summed E-state index contributed by atoms with van der Waals surface area (Å²) in [7, 11) is 0. The van der Waals surface area contributed by atoms with Crippen molar-refractivity contribution in [3.63, 3.8) is 0 Å². The van der Waals surface area contributed by atoms with Gasteiger partial charge in [0.05, 0.1) is 19.3 Å². The second kappa shape index (κ2) is 6.55. The second-order valence-corrected chi connectivity index (χ2v) is 5.00. The first-order chi connectivity index (χ1) is 7.71. The van der Waals surface area contributed by atoms with Crippen LogP contribution in [0.5, 0.6) is 0 Å². The van der Waals surface area contributed by atoms with Crippen molar-refractivity contribution in [3.05, 3.63) is 0 Å². The highest BCUT2D eigenvalue weighted by Gasteiger charge is 2.36. The number of hydrogen-bond acceptors (Lipinski definition) is 4. The summed E-state index contributed by atoms with van der Waals surface area (Å²) in [6.45, 7) is 4.03. The van der Waals surface area contributed by atoms with Gasteiger partial charge in [-0.3, -0.25) is 4.90 Å². The number of likely N-dealkylation sites (tertiary alicyclic amines) is 1. The Morgan fingerprint density at radius 1 is 1.25 bits per heavy atom. The fraction of sp³-hybridized carbons (Fsp3) is 1.00. The van der Waals surface area contributed by atoms with Gasteiger partial charge in [0.15, 0.2) is 0 Å². The third-order valence-corrected chi connectivity index (χ3v) is 3.74. The third kappa shape index (κ3) is 3.17. The second-order valence-electron chi connectivity index (χ2n) is 5.00. The van der Waals surface area contributed by atoms with Crippen LogP contribution in [0.2, 0.25) is 0 Å². The molecule has 1 unspecified atom stereocenters. The van der Waals surface area contributed by atoms with Gasteiger partial charge in [-0.15, -0.1) is 0 Å². The lowest BCUT2D eigenvalue weighted by Gasteiger charge is -2.44. The molecule has 1 atom stereocenters. The molecule has 96 valence electrons. The average molecular weight is 231 g/mol. The van der Waals surface area contributed by atoms with E-state index in [9.17, 15) is 15.3 Å². The lowest BCUT2D eigenvalue weighted by molar-refractivity contribution is -0.0196. The van der Waals surface area contributed by atoms with Crippen LogP contribution in [0.15, 0.2) is 0 Å². The van der Waals surface area contributed by atoms with Crippen LogP contribution >= 0.6 is 0 Å². The van der Waals surface area contributed by atoms with Crippen LogP contribution in [0.3, 0.4) is 0 Å². The van der Waals surface area contributed by atoms with E-state index in [2.05, 4.69) is 11.8 Å². The molecule has 0 saturated carbocycles. The summed E-state index contributed by atoms with van der Waals surface area (Å²) >= 11 is 0. The van der Waals surface area contributed by atoms with Crippen molar-refractivity contribution in [2.45, 2.75) is 38.6 Å². The van der Waals surface area contributed by atoms with Gasteiger partial charge in [-0.1, -0.05) is 13.3 Å². The average Bonchev–Trinajstić information content (AvgIpc) is 2.31. The molecule has 1 saturated heterocycles. The molecule has 0 amide bonds. The number of aliphatic hydroxyl groups excluding tert-OH is 3. The zero-order valence-electron chi connectivity index (χ0n) is 10.2. The van der Waals surface area contributed by atoms with Crippen LogP contribution in [0.25, 0.3) is 0 Å². The van der Waals surface area contributed by atoms with E-state index in [1.54, 1.807) is 0 Å². The minimum absolute atomic E-state index is 0.00979. The van der Waals surface area contributed by atoms with Crippen molar-refractivity contribution >= 4 is 0 Å². The van der Waals surface area contributed by atoms with Gasteiger partial charge in [-0.05, 0) is 25.8 Å². The third-order valence-electron chi connectivity index (χ3n) is 3.74. The van der Waals surface area contributed by atoms with E-state index >= 15 is 0 Å². The van der Waals surface area contributed by atoms with E-state index in [0.29, 0.717) is 0 Å². The standard InChI is InChI=1S/C12H25NO3/c1-2-4-12(10-16)5-3-6-13(9-12)11(7-14)8-15/h11,14-16H,2-10H2,1H3. The Hall–Kier alpha value is -0.160. The molecule has 1 aliphatic heterocycles. The maximum atomic E-state index is 9.57. The van der Waals surface area contributed by atoms with Crippen LogP contribution in [-0.4, -0.2) is 59.2 Å². The SMILES string of the molecule is CCCC1(CO)CCCN(C(CO)CO)C1. The van der Waals surface area contributed by atoms with Gasteiger partial charge in [-0.25, -0.2) is 0 Å². The molecule has 3 N–H and O–H groups in total. The fourth-order valence-corrected chi connectivity index (χ4v) is 2.79. The summed E-state index contributed by atoms with van der Waals surface area (Å²) in [6, 6.07) is -0.164. The topological polar surface area (TPSA) is 63.9 Å². The van der Waals surface area contributed by atoms with Gasteiger partial charge in [0.2, 0.25) is 0 Å². The zero-order chi connectivity index (χ0) is 12.0. The van der Waals surface area contributed by atoms with Crippen LogP contribution < -0.4 is 0 Å². The molecule has 1 heterocycles. The first-order valence-corrected chi connectivity index (χ1v) is 6.28. The predicted molar refractivity (Wildman–Crippen MR) is 63.2 cm³/mol. The van der Waals surface area contributed by atoms with Crippen LogP contribution in [0.4, 0.5) is 0 Å². The van der Waals surface area contributed by atoms with Gasteiger partial charge in [0.25, 0.3) is 0 Å². The molecule has 4 nitrogen and oxygen atoms in total. The van der Waals surface area contributed by atoms with E-state index < -0.39 is 0 Å². The number of piperidine rings is 1. The summed E-state index contributed by atoms with van der Waals surface area (Å²) in [5.41, 5.74) is -0.0183. The van der Waals surface area contributed by atoms with Crippen molar-refractivity contribution in [1.82, 2.24) is 4.90 Å². The molecular formula is C12H25NO3. The van der Waals surface area contributed by atoms with Crippen molar-refractivity contribution < 1.29 is 15.3 Å². The molecule has 1 fully saturated rings. The summed E-state index contributed by atoms with van der Waals surface area (Å²) in [5, 5.41) is 27.9. The maximum absolute atomic E-state index is 9.57. The molecule has 4 heteroatoms. The highest BCUT2D eigenvalue weighted by molar-refractivity contribution is 4.88. The van der Waals surface area contributed by atoms with Crippen molar-refractivity contribution in [3.8, 4) is 0 Å². The summed E-state index contributed by atoms with van der Waals surface area (Å²) in [5.74, 6) is 0. The fourth-order valence-electron chi connectivity index (χ4n) is 2.79. The maximum Gasteiger partial charge on any atom is 0.0609 e. The predicted octanol–water partition coefficient (Wildman–Crippen LogP) is 0.214. The van der Waals surface area contributed by atoms with Gasteiger partial charge in [0.1, 0.15) is 0 Å². The number of rotatable bonds is 6. The van der Waals surface area contributed by atoms with E-state index in [-0.39, 0.29) is 31.3 Å². The Kier molecular flexibility index (Phi) is 5.69. The van der Waals surface area contributed by atoms with E-state index in [4.69, 9.17) is 0 Å². The number of aliphatic hydroxyl groups is 3. The minimum Gasteiger partial charge on any atom is -0.396 e. The Labute approximate surface area is 97.9 Å². The summed E-state index contributed by atoms with van der Waals surface area (Å²) < 4.78 is 0. The molecule has 0 spiro atoms. The van der Waals surface area contributed by atoms with Crippen LogP contribution in [0, 0.1) is 5.41 Å². The van der Waals surface area contributed by atoms with Gasteiger partial charge in [-0.2, -0.15) is 0 Å². The van der Waals surface area contributed by atoms with Gasteiger partial charge < -0.3 is 15.3 Å². The van der Waals surface area contributed by atoms with E-state index in [1.807, 2.05) is 0 Å². The highest BCUT2D eigenvalue weighted by Crippen LogP contribution is 2.34. The molecule has 16 heavy (non-hydrogen) atoms. The molecule has 0 radical (unpaired) electrons. The molecular weight excluding hydrogens is 206 g/mol. The highest BCUT2D eigenvalue weighted by atomic mass is 16.3. The first kappa shape index (κ1) is 13.9. The Morgan fingerprint density at radius 2 is 1.94 bits per heavy atom. The molecule has 0 bridgehead atoms. The van der Waals surface area contributed by atoms with Crippen molar-refractivity contribution in [2.24, 2.45) is 5.41 Å². The molecule has 1 rings (SSSR count). The van der Waals surface area contributed by atoms with E-state index in [0.717, 1.165) is 38.8 Å². The minimum atomic E-state index is -0.164. The van der Waals surface area contributed by atoms with Crippen molar-refractivity contribution in [2.75, 3.05) is 32.9 Å². The molecule has 0 aliphatic carbocycles. The Morgan fingerprint density at radius 3 is 2.44 bits per heavy atom. The smallest absolute Gasteiger partial charge is 0.0609 e. The molecule has 0 aromatic heterocycles. The number of hydrogen-bond donors (Lipinski definition) is 3. The van der Waals surface area contributed by atoms with E-state index in [1.165, 1.54) is 0 Å². The Bertz CT molecular complexity index is 193.